The van der Waals surface area contributed by atoms with Crippen molar-refractivity contribution in [2.45, 2.75) is 18.9 Å². The number of aromatic nitrogens is 2. The number of halogens is 1. The lowest BCUT2D eigenvalue weighted by Crippen LogP contribution is -2.50. The lowest BCUT2D eigenvalue weighted by Gasteiger charge is -2.39. The molecule has 2 saturated heterocycles. The molecule has 1 amide bonds. The second-order valence-electron chi connectivity index (χ2n) is 6.78. The number of piperidine rings is 1. The molecule has 2 aromatic rings. The van der Waals surface area contributed by atoms with Gasteiger partial charge in [0, 0.05) is 31.3 Å². The minimum atomic E-state index is -0.384. The Bertz CT molecular complexity index is 816. The van der Waals surface area contributed by atoms with Crippen LogP contribution >= 0.6 is 0 Å². The third-order valence-corrected chi connectivity index (χ3v) is 5.36. The number of hydrogen-bond donors (Lipinski definition) is 0. The van der Waals surface area contributed by atoms with Gasteiger partial charge in [0.1, 0.15) is 18.0 Å². The summed E-state index contributed by atoms with van der Waals surface area (Å²) in [5, 5.41) is 0. The Labute approximate surface area is 151 Å². The number of nitrogens with zero attached hydrogens (tertiary/aromatic N) is 4. The summed E-state index contributed by atoms with van der Waals surface area (Å²) >= 11 is 0. The summed E-state index contributed by atoms with van der Waals surface area (Å²) in [7, 11) is 1.58. The first-order chi connectivity index (χ1) is 12.7. The van der Waals surface area contributed by atoms with Crippen LogP contribution in [0, 0.1) is 11.7 Å². The van der Waals surface area contributed by atoms with Crippen LogP contribution < -0.4 is 9.64 Å². The smallest absolute Gasteiger partial charge is 0.254 e. The lowest BCUT2D eigenvalue weighted by atomic mass is 9.92. The average Bonchev–Trinajstić information content (AvgIpc) is 3.10. The fourth-order valence-corrected chi connectivity index (χ4v) is 4.00. The van der Waals surface area contributed by atoms with Gasteiger partial charge in [0.2, 0.25) is 5.88 Å². The predicted molar refractivity (Wildman–Crippen MR) is 94.7 cm³/mol. The Kier molecular flexibility index (Phi) is 4.44. The van der Waals surface area contributed by atoms with Crippen LogP contribution in [0.15, 0.2) is 36.7 Å². The van der Waals surface area contributed by atoms with Crippen molar-refractivity contribution < 1.29 is 13.9 Å². The van der Waals surface area contributed by atoms with Crippen LogP contribution in [0.25, 0.3) is 0 Å². The zero-order chi connectivity index (χ0) is 18.1. The molecular formula is C19H21FN4O2. The largest absolute Gasteiger partial charge is 0.481 e. The van der Waals surface area contributed by atoms with Crippen molar-refractivity contribution in [1.29, 1.82) is 0 Å². The second kappa shape index (κ2) is 6.90. The molecule has 0 N–H and O–H groups in total. The minimum Gasteiger partial charge on any atom is -0.481 e. The minimum absolute atomic E-state index is 0.0980. The number of methoxy groups -OCH3 is 1. The first-order valence-corrected chi connectivity index (χ1v) is 8.83. The van der Waals surface area contributed by atoms with Gasteiger partial charge in [0.05, 0.1) is 13.2 Å². The summed E-state index contributed by atoms with van der Waals surface area (Å²) in [5.41, 5.74) is 0.409. The Hall–Kier alpha value is -2.70. The maximum absolute atomic E-state index is 13.5. The molecule has 2 fully saturated rings. The molecular weight excluding hydrogens is 335 g/mol. The number of benzene rings is 1. The molecule has 0 aliphatic carbocycles. The van der Waals surface area contributed by atoms with E-state index in [9.17, 15) is 9.18 Å². The first kappa shape index (κ1) is 16.8. The molecule has 0 bridgehead atoms. The number of hydrogen-bond acceptors (Lipinski definition) is 5. The predicted octanol–water partition coefficient (Wildman–Crippen LogP) is 2.37. The van der Waals surface area contributed by atoms with E-state index in [1.807, 2.05) is 11.0 Å². The van der Waals surface area contributed by atoms with E-state index in [4.69, 9.17) is 4.74 Å². The zero-order valence-electron chi connectivity index (χ0n) is 14.6. The van der Waals surface area contributed by atoms with Crippen LogP contribution in [-0.2, 0) is 0 Å². The van der Waals surface area contributed by atoms with Crippen LogP contribution in [0.1, 0.15) is 23.2 Å². The fourth-order valence-electron chi connectivity index (χ4n) is 4.00. The highest BCUT2D eigenvalue weighted by Crippen LogP contribution is 2.34. The number of ether oxygens (including phenoxy) is 1. The number of amides is 1. The molecule has 2 atom stereocenters. The van der Waals surface area contributed by atoms with Crippen molar-refractivity contribution in [3.8, 4) is 5.88 Å². The molecule has 6 nitrogen and oxygen atoms in total. The average molecular weight is 356 g/mol. The van der Waals surface area contributed by atoms with Crippen molar-refractivity contribution in [3.05, 3.63) is 48.0 Å². The van der Waals surface area contributed by atoms with Gasteiger partial charge in [-0.15, -0.1) is 0 Å². The molecule has 1 aromatic heterocycles. The van der Waals surface area contributed by atoms with E-state index in [1.54, 1.807) is 19.2 Å². The van der Waals surface area contributed by atoms with Gasteiger partial charge in [0.25, 0.3) is 5.91 Å². The number of likely N-dealkylation sites (tertiary alicyclic amines) is 1. The number of carbonyl (C=O) groups is 1. The quantitative estimate of drug-likeness (QED) is 0.845. The fraction of sp³-hybridized carbons (Fsp3) is 0.421. The van der Waals surface area contributed by atoms with Crippen LogP contribution in [0.5, 0.6) is 5.88 Å². The molecule has 2 aliphatic rings. The van der Waals surface area contributed by atoms with E-state index in [0.29, 0.717) is 30.5 Å². The maximum atomic E-state index is 13.5. The summed E-state index contributed by atoms with van der Waals surface area (Å²) in [4.78, 5) is 25.4. The Morgan fingerprint density at radius 3 is 2.88 bits per heavy atom. The molecule has 7 heteroatoms. The van der Waals surface area contributed by atoms with Crippen molar-refractivity contribution in [3.63, 3.8) is 0 Å². The van der Waals surface area contributed by atoms with Crippen LogP contribution in [-0.4, -0.2) is 53.6 Å². The third-order valence-electron chi connectivity index (χ3n) is 5.36. The standard InChI is InChI=1S/C19H21FN4O2/c1-26-18-10-17(21-12-22-18)23-7-5-13-6-8-24(16(13)11-23)19(25)14-3-2-4-15(20)9-14/h2-4,9-10,12-13,16H,5-8,11H2,1H3. The highest BCUT2D eigenvalue weighted by molar-refractivity contribution is 5.94. The highest BCUT2D eigenvalue weighted by Gasteiger charge is 2.41. The molecule has 3 heterocycles. The molecule has 26 heavy (non-hydrogen) atoms. The third kappa shape index (κ3) is 3.09. The van der Waals surface area contributed by atoms with E-state index < -0.39 is 0 Å². The molecule has 4 rings (SSSR count). The zero-order valence-corrected chi connectivity index (χ0v) is 14.6. The first-order valence-electron chi connectivity index (χ1n) is 8.83. The molecule has 2 unspecified atom stereocenters. The van der Waals surface area contributed by atoms with Crippen molar-refractivity contribution >= 4 is 11.7 Å². The number of carbonyl (C=O) groups excluding carboxylic acids is 1. The molecule has 2 aliphatic heterocycles. The number of fused-ring (bicyclic) bond motifs is 1. The molecule has 0 radical (unpaired) electrons. The van der Waals surface area contributed by atoms with Crippen molar-refractivity contribution in [2.24, 2.45) is 5.92 Å². The lowest BCUT2D eigenvalue weighted by molar-refractivity contribution is 0.0711. The Morgan fingerprint density at radius 1 is 1.23 bits per heavy atom. The highest BCUT2D eigenvalue weighted by atomic mass is 19.1. The molecule has 1 aromatic carbocycles. The topological polar surface area (TPSA) is 58.6 Å². The van der Waals surface area contributed by atoms with Gasteiger partial charge >= 0.3 is 0 Å². The van der Waals surface area contributed by atoms with Gasteiger partial charge < -0.3 is 14.5 Å². The van der Waals surface area contributed by atoms with Crippen molar-refractivity contribution in [1.82, 2.24) is 14.9 Å². The van der Waals surface area contributed by atoms with E-state index in [-0.39, 0.29) is 17.8 Å². The summed E-state index contributed by atoms with van der Waals surface area (Å²) in [6, 6.07) is 7.85. The Balaban J connectivity index is 1.54. The van der Waals surface area contributed by atoms with Gasteiger partial charge in [0.15, 0.2) is 0 Å². The molecule has 0 saturated carbocycles. The van der Waals surface area contributed by atoms with E-state index >= 15 is 0 Å². The second-order valence-corrected chi connectivity index (χ2v) is 6.78. The summed E-state index contributed by atoms with van der Waals surface area (Å²) in [6.07, 6.45) is 3.49. The summed E-state index contributed by atoms with van der Waals surface area (Å²) in [6.45, 7) is 2.32. The van der Waals surface area contributed by atoms with Gasteiger partial charge in [-0.05, 0) is 37.0 Å². The van der Waals surface area contributed by atoms with Crippen LogP contribution in [0.2, 0.25) is 0 Å². The molecule has 0 spiro atoms. The monoisotopic (exact) mass is 356 g/mol. The van der Waals surface area contributed by atoms with E-state index in [0.717, 1.165) is 25.2 Å². The van der Waals surface area contributed by atoms with Crippen molar-refractivity contribution in [2.75, 3.05) is 31.6 Å². The van der Waals surface area contributed by atoms with E-state index in [1.165, 1.54) is 18.5 Å². The number of anilines is 1. The van der Waals surface area contributed by atoms with Crippen LogP contribution in [0.4, 0.5) is 10.2 Å². The van der Waals surface area contributed by atoms with Gasteiger partial charge in [-0.2, -0.15) is 0 Å². The van der Waals surface area contributed by atoms with E-state index in [2.05, 4.69) is 14.9 Å². The Morgan fingerprint density at radius 2 is 2.08 bits per heavy atom. The van der Waals surface area contributed by atoms with Gasteiger partial charge in [-0.25, -0.2) is 14.4 Å². The normalized spacial score (nSPS) is 22.2. The molecule has 136 valence electrons. The summed E-state index contributed by atoms with van der Waals surface area (Å²) in [5.74, 6) is 1.33. The number of rotatable bonds is 3. The SMILES string of the molecule is COc1cc(N2CCC3CCN(C(=O)c4cccc(F)c4)C3C2)ncn1. The van der Waals surface area contributed by atoms with Gasteiger partial charge in [-0.1, -0.05) is 6.07 Å². The van der Waals surface area contributed by atoms with Crippen LogP contribution in [0.3, 0.4) is 0 Å². The van der Waals surface area contributed by atoms with Gasteiger partial charge in [-0.3, -0.25) is 4.79 Å². The summed E-state index contributed by atoms with van der Waals surface area (Å²) < 4.78 is 18.7. The maximum Gasteiger partial charge on any atom is 0.254 e.